The fourth-order valence-electron chi connectivity index (χ4n) is 2.95. The first kappa shape index (κ1) is 19.2. The van der Waals surface area contributed by atoms with Crippen molar-refractivity contribution in [3.8, 4) is 5.75 Å². The molecule has 0 unspecified atom stereocenters. The molecule has 2 N–H and O–H groups in total. The highest BCUT2D eigenvalue weighted by molar-refractivity contribution is 7.89. The van der Waals surface area contributed by atoms with Crippen LogP contribution in [0.25, 0.3) is 0 Å². The number of likely N-dealkylation sites (tertiary alicyclic amines) is 1. The second-order valence-electron chi connectivity index (χ2n) is 6.29. The minimum absolute atomic E-state index is 0.125. The summed E-state index contributed by atoms with van der Waals surface area (Å²) in [6.45, 7) is 1.64. The van der Waals surface area contributed by atoms with Crippen molar-refractivity contribution in [3.05, 3.63) is 54.1 Å². The molecule has 0 atom stereocenters. The largest absolute Gasteiger partial charge is 0.496 e. The summed E-state index contributed by atoms with van der Waals surface area (Å²) in [4.78, 5) is 14.0. The van der Waals surface area contributed by atoms with E-state index in [9.17, 15) is 13.2 Å². The number of hydrogen-bond donors (Lipinski definition) is 2. The fourth-order valence-corrected chi connectivity index (χ4v) is 3.95. The van der Waals surface area contributed by atoms with Gasteiger partial charge in [0.2, 0.25) is 10.0 Å². The van der Waals surface area contributed by atoms with Crippen LogP contribution < -0.4 is 14.8 Å². The molecule has 144 valence electrons. The average molecular weight is 389 g/mol. The van der Waals surface area contributed by atoms with Crippen molar-refractivity contribution in [2.24, 2.45) is 0 Å². The number of para-hydroxylation sites is 1. The molecular weight excluding hydrogens is 366 g/mol. The second-order valence-corrected chi connectivity index (χ2v) is 8.05. The maximum Gasteiger partial charge on any atom is 0.321 e. The number of ether oxygens (including phenoxy) is 1. The Hall–Kier alpha value is -2.58. The average Bonchev–Trinajstić information content (AvgIpc) is 3.22. The van der Waals surface area contributed by atoms with E-state index in [4.69, 9.17) is 4.74 Å². The molecule has 1 aliphatic rings. The Kier molecular flexibility index (Phi) is 5.98. The van der Waals surface area contributed by atoms with Crippen LogP contribution in [0.4, 0.5) is 10.5 Å². The SMILES string of the molecule is COc1ccccc1CNS(=O)(=O)c1ccc(NC(=O)N2CCCC2)cc1. The smallest absolute Gasteiger partial charge is 0.321 e. The molecule has 0 radical (unpaired) electrons. The molecule has 0 spiro atoms. The van der Waals surface area contributed by atoms with E-state index < -0.39 is 10.0 Å². The predicted octanol–water partition coefficient (Wildman–Crippen LogP) is 2.80. The Morgan fingerprint density at radius 2 is 1.74 bits per heavy atom. The van der Waals surface area contributed by atoms with Gasteiger partial charge in [-0.25, -0.2) is 17.9 Å². The van der Waals surface area contributed by atoms with E-state index in [0.29, 0.717) is 11.4 Å². The number of nitrogens with zero attached hydrogens (tertiary/aromatic N) is 1. The van der Waals surface area contributed by atoms with Crippen LogP contribution in [0, 0.1) is 0 Å². The number of carbonyl (C=O) groups excluding carboxylic acids is 1. The van der Waals surface area contributed by atoms with Crippen LogP contribution in [0.3, 0.4) is 0 Å². The van der Waals surface area contributed by atoms with Crippen molar-refractivity contribution >= 4 is 21.7 Å². The number of carbonyl (C=O) groups is 1. The third-order valence-corrected chi connectivity index (χ3v) is 5.87. The summed E-state index contributed by atoms with van der Waals surface area (Å²) in [6.07, 6.45) is 2.03. The number of anilines is 1. The molecule has 27 heavy (non-hydrogen) atoms. The number of amides is 2. The molecule has 2 aromatic rings. The fraction of sp³-hybridized carbons (Fsp3) is 0.316. The first-order valence-electron chi connectivity index (χ1n) is 8.77. The molecule has 1 saturated heterocycles. The standard InChI is InChI=1S/C19H23N3O4S/c1-26-18-7-3-2-6-15(18)14-20-27(24,25)17-10-8-16(9-11-17)21-19(23)22-12-4-5-13-22/h2-3,6-11,20H,4-5,12-14H2,1H3,(H,21,23). The summed E-state index contributed by atoms with van der Waals surface area (Å²) in [5.74, 6) is 0.625. The third-order valence-electron chi connectivity index (χ3n) is 4.45. The number of benzene rings is 2. The van der Waals surface area contributed by atoms with Gasteiger partial charge in [-0.2, -0.15) is 0 Å². The van der Waals surface area contributed by atoms with E-state index >= 15 is 0 Å². The van der Waals surface area contributed by atoms with Crippen molar-refractivity contribution in [1.29, 1.82) is 0 Å². The van der Waals surface area contributed by atoms with Crippen LogP contribution in [0.5, 0.6) is 5.75 Å². The lowest BCUT2D eigenvalue weighted by atomic mass is 10.2. The molecule has 2 amide bonds. The van der Waals surface area contributed by atoms with E-state index in [1.807, 2.05) is 12.1 Å². The molecule has 2 aromatic carbocycles. The molecule has 1 aliphatic heterocycles. The molecule has 3 rings (SSSR count). The Morgan fingerprint density at radius 3 is 2.41 bits per heavy atom. The van der Waals surface area contributed by atoms with Gasteiger partial charge in [0.25, 0.3) is 0 Å². The Labute approximate surface area is 159 Å². The Bertz CT molecular complexity index is 891. The van der Waals surface area contributed by atoms with E-state index in [0.717, 1.165) is 31.5 Å². The summed E-state index contributed by atoms with van der Waals surface area (Å²) in [7, 11) is -2.13. The molecule has 8 heteroatoms. The van der Waals surface area contributed by atoms with E-state index in [2.05, 4.69) is 10.0 Å². The first-order valence-corrected chi connectivity index (χ1v) is 10.3. The van der Waals surface area contributed by atoms with Crippen LogP contribution >= 0.6 is 0 Å². The highest BCUT2D eigenvalue weighted by Gasteiger charge is 2.18. The molecule has 7 nitrogen and oxygen atoms in total. The Balaban J connectivity index is 1.63. The molecule has 0 aromatic heterocycles. The Morgan fingerprint density at radius 1 is 1.07 bits per heavy atom. The second kappa shape index (κ2) is 8.41. The van der Waals surface area contributed by atoms with Crippen LogP contribution in [0.1, 0.15) is 18.4 Å². The molecule has 0 bridgehead atoms. The predicted molar refractivity (Wildman–Crippen MR) is 103 cm³/mol. The van der Waals surface area contributed by atoms with E-state index in [1.165, 1.54) is 12.1 Å². The van der Waals surface area contributed by atoms with Gasteiger partial charge in [-0.15, -0.1) is 0 Å². The van der Waals surface area contributed by atoms with E-state index in [1.54, 1.807) is 36.3 Å². The molecule has 0 saturated carbocycles. The van der Waals surface area contributed by atoms with Gasteiger partial charge in [0.05, 0.1) is 12.0 Å². The van der Waals surface area contributed by atoms with Gasteiger partial charge in [-0.1, -0.05) is 18.2 Å². The summed E-state index contributed by atoms with van der Waals surface area (Å²) in [5.41, 5.74) is 1.31. The van der Waals surface area contributed by atoms with Gasteiger partial charge in [-0.3, -0.25) is 0 Å². The van der Waals surface area contributed by atoms with Crippen LogP contribution in [-0.4, -0.2) is 39.5 Å². The van der Waals surface area contributed by atoms with Crippen molar-refractivity contribution in [1.82, 2.24) is 9.62 Å². The number of sulfonamides is 1. The quantitative estimate of drug-likeness (QED) is 0.795. The van der Waals surface area contributed by atoms with Crippen LogP contribution in [0.2, 0.25) is 0 Å². The summed E-state index contributed by atoms with van der Waals surface area (Å²) < 4.78 is 32.8. The molecule has 1 fully saturated rings. The van der Waals surface area contributed by atoms with Gasteiger partial charge >= 0.3 is 6.03 Å². The van der Waals surface area contributed by atoms with Gasteiger partial charge < -0.3 is 15.0 Å². The lowest BCUT2D eigenvalue weighted by Gasteiger charge is -2.16. The molecule has 0 aliphatic carbocycles. The maximum atomic E-state index is 12.5. The summed E-state index contributed by atoms with van der Waals surface area (Å²) in [6, 6.07) is 13.2. The third kappa shape index (κ3) is 4.78. The van der Waals surface area contributed by atoms with Crippen molar-refractivity contribution in [2.75, 3.05) is 25.5 Å². The highest BCUT2D eigenvalue weighted by atomic mass is 32.2. The van der Waals surface area contributed by atoms with Crippen LogP contribution in [0.15, 0.2) is 53.4 Å². The summed E-state index contributed by atoms with van der Waals surface area (Å²) in [5, 5.41) is 2.79. The molecule has 1 heterocycles. The normalized spacial score (nSPS) is 14.2. The maximum absolute atomic E-state index is 12.5. The van der Waals surface area contributed by atoms with Gasteiger partial charge in [0, 0.05) is 30.9 Å². The number of rotatable bonds is 6. The summed E-state index contributed by atoms with van der Waals surface area (Å²) >= 11 is 0. The number of hydrogen-bond acceptors (Lipinski definition) is 4. The number of methoxy groups -OCH3 is 1. The number of nitrogens with one attached hydrogen (secondary N) is 2. The molecular formula is C19H23N3O4S. The first-order chi connectivity index (χ1) is 13.0. The zero-order chi connectivity index (χ0) is 19.3. The topological polar surface area (TPSA) is 87.7 Å². The van der Waals surface area contributed by atoms with Gasteiger partial charge in [0.1, 0.15) is 5.75 Å². The van der Waals surface area contributed by atoms with Gasteiger partial charge in [0.15, 0.2) is 0 Å². The van der Waals surface area contributed by atoms with Crippen molar-refractivity contribution in [2.45, 2.75) is 24.3 Å². The van der Waals surface area contributed by atoms with Crippen molar-refractivity contribution in [3.63, 3.8) is 0 Å². The minimum atomic E-state index is -3.67. The van der Waals surface area contributed by atoms with E-state index in [-0.39, 0.29) is 17.5 Å². The number of urea groups is 1. The lowest BCUT2D eigenvalue weighted by Crippen LogP contribution is -2.32. The zero-order valence-corrected chi connectivity index (χ0v) is 16.0. The van der Waals surface area contributed by atoms with Gasteiger partial charge in [-0.05, 0) is 43.2 Å². The highest BCUT2D eigenvalue weighted by Crippen LogP contribution is 2.19. The minimum Gasteiger partial charge on any atom is -0.496 e. The lowest BCUT2D eigenvalue weighted by molar-refractivity contribution is 0.222. The monoisotopic (exact) mass is 389 g/mol. The zero-order valence-electron chi connectivity index (χ0n) is 15.1. The van der Waals surface area contributed by atoms with Crippen molar-refractivity contribution < 1.29 is 17.9 Å². The van der Waals surface area contributed by atoms with Crippen LogP contribution in [-0.2, 0) is 16.6 Å².